The molecule has 1 heterocycles. The third-order valence-corrected chi connectivity index (χ3v) is 3.31. The molecular weight excluding hydrogens is 207 g/mol. The van der Waals surface area contributed by atoms with Crippen LogP contribution >= 0.6 is 8.46 Å². The summed E-state index contributed by atoms with van der Waals surface area (Å²) < 4.78 is 25.9. The number of hydrogen-bond donors (Lipinski definition) is 1. The van der Waals surface area contributed by atoms with E-state index in [9.17, 15) is 9.67 Å². The van der Waals surface area contributed by atoms with Crippen molar-refractivity contribution < 1.29 is 23.9 Å². The molecule has 0 saturated carbocycles. The van der Waals surface area contributed by atoms with Gasteiger partial charge in [0.15, 0.2) is 11.8 Å². The minimum Gasteiger partial charge on any atom is -0.365 e. The second-order valence-corrected chi connectivity index (χ2v) is 4.17. The van der Waals surface area contributed by atoms with Crippen molar-refractivity contribution in [3.05, 3.63) is 0 Å². The van der Waals surface area contributed by atoms with Gasteiger partial charge in [-0.2, -0.15) is 0 Å². The number of methoxy groups -OCH3 is 2. The van der Waals surface area contributed by atoms with Crippen molar-refractivity contribution in [2.45, 2.75) is 30.6 Å². The molecular formula is C8H16O5P+. The minimum atomic E-state index is -1.79. The van der Waals surface area contributed by atoms with Gasteiger partial charge in [0.2, 0.25) is 0 Å². The molecule has 6 heteroatoms. The van der Waals surface area contributed by atoms with E-state index in [0.29, 0.717) is 6.61 Å². The van der Waals surface area contributed by atoms with Gasteiger partial charge in [0, 0.05) is 20.8 Å². The van der Waals surface area contributed by atoms with Gasteiger partial charge in [0.1, 0.15) is 0 Å². The van der Waals surface area contributed by atoms with Crippen LogP contribution in [0.1, 0.15) is 12.8 Å². The van der Waals surface area contributed by atoms with Crippen LogP contribution in [0.2, 0.25) is 0 Å². The maximum absolute atomic E-state index is 10.9. The van der Waals surface area contributed by atoms with E-state index in [0.717, 1.165) is 12.8 Å². The molecule has 0 aromatic rings. The number of rotatable bonds is 4. The van der Waals surface area contributed by atoms with Crippen LogP contribution < -0.4 is 0 Å². The second kappa shape index (κ2) is 5.14. The van der Waals surface area contributed by atoms with E-state index >= 15 is 0 Å². The molecule has 14 heavy (non-hydrogen) atoms. The first kappa shape index (κ1) is 12.0. The van der Waals surface area contributed by atoms with Gasteiger partial charge in [-0.15, -0.1) is 0 Å². The zero-order valence-corrected chi connectivity index (χ0v) is 9.36. The van der Waals surface area contributed by atoms with Crippen molar-refractivity contribution in [3.63, 3.8) is 0 Å². The van der Waals surface area contributed by atoms with Gasteiger partial charge in [-0.05, 0) is 12.8 Å². The molecule has 0 radical (unpaired) electrons. The summed E-state index contributed by atoms with van der Waals surface area (Å²) in [6.45, 7) is 0.528. The lowest BCUT2D eigenvalue weighted by Crippen LogP contribution is -2.53. The Balaban J connectivity index is 2.75. The highest BCUT2D eigenvalue weighted by Crippen LogP contribution is 2.32. The van der Waals surface area contributed by atoms with Crippen LogP contribution in [0.4, 0.5) is 0 Å². The fourth-order valence-corrected chi connectivity index (χ4v) is 2.33. The molecule has 1 fully saturated rings. The maximum atomic E-state index is 10.9. The van der Waals surface area contributed by atoms with Gasteiger partial charge in [-0.1, -0.05) is 4.57 Å². The van der Waals surface area contributed by atoms with E-state index in [2.05, 4.69) is 0 Å². The highest BCUT2D eigenvalue weighted by molar-refractivity contribution is 7.24. The Morgan fingerprint density at radius 2 is 2.14 bits per heavy atom. The van der Waals surface area contributed by atoms with Crippen molar-refractivity contribution in [2.75, 3.05) is 20.8 Å². The summed E-state index contributed by atoms with van der Waals surface area (Å²) in [5.41, 5.74) is -0.228. The smallest absolute Gasteiger partial charge is 0.331 e. The van der Waals surface area contributed by atoms with Crippen molar-refractivity contribution in [2.24, 2.45) is 0 Å². The summed E-state index contributed by atoms with van der Waals surface area (Å²) in [5, 5.41) is 9.85. The summed E-state index contributed by atoms with van der Waals surface area (Å²) in [6, 6.07) is 0. The molecule has 1 rings (SSSR count). The Morgan fingerprint density at radius 3 is 2.64 bits per heavy atom. The van der Waals surface area contributed by atoms with Gasteiger partial charge in [-0.3, -0.25) is 0 Å². The highest BCUT2D eigenvalue weighted by atomic mass is 31.1. The topological polar surface area (TPSA) is 65.0 Å². The Bertz CT molecular complexity index is 194. The zero-order valence-electron chi connectivity index (χ0n) is 8.36. The van der Waals surface area contributed by atoms with Crippen molar-refractivity contribution in [1.82, 2.24) is 0 Å². The SMILES string of the molecule is COC(O)(OC)C1OCCCC1[PH+]=O. The average molecular weight is 223 g/mol. The van der Waals surface area contributed by atoms with Gasteiger partial charge >= 0.3 is 14.4 Å². The molecule has 0 amide bonds. The summed E-state index contributed by atoms with van der Waals surface area (Å²) in [4.78, 5) is 0. The first-order valence-electron chi connectivity index (χ1n) is 4.50. The van der Waals surface area contributed by atoms with Crippen LogP contribution in [-0.2, 0) is 18.8 Å². The average Bonchev–Trinajstić information content (AvgIpc) is 2.28. The second-order valence-electron chi connectivity index (χ2n) is 3.20. The highest BCUT2D eigenvalue weighted by Gasteiger charge is 2.49. The molecule has 3 atom stereocenters. The Kier molecular flexibility index (Phi) is 4.41. The molecule has 0 aromatic carbocycles. The Hall–Kier alpha value is -0.0600. The summed E-state index contributed by atoms with van der Waals surface area (Å²) >= 11 is 0. The number of hydrogen-bond acceptors (Lipinski definition) is 5. The largest absolute Gasteiger partial charge is 0.365 e. The van der Waals surface area contributed by atoms with Crippen LogP contribution in [0, 0.1) is 0 Å². The minimum absolute atomic E-state index is 0.228. The third-order valence-electron chi connectivity index (χ3n) is 2.42. The molecule has 1 aliphatic heterocycles. The van der Waals surface area contributed by atoms with E-state index in [1.54, 1.807) is 0 Å². The van der Waals surface area contributed by atoms with E-state index in [4.69, 9.17) is 14.2 Å². The predicted octanol–water partition coefficient (Wildman–Crippen LogP) is 0.497. The molecule has 0 bridgehead atoms. The monoisotopic (exact) mass is 223 g/mol. The lowest BCUT2D eigenvalue weighted by atomic mass is 10.1. The van der Waals surface area contributed by atoms with Gasteiger partial charge in [-0.25, -0.2) is 0 Å². The van der Waals surface area contributed by atoms with Crippen LogP contribution in [0.15, 0.2) is 0 Å². The van der Waals surface area contributed by atoms with E-state index < -0.39 is 20.5 Å². The van der Waals surface area contributed by atoms with Crippen LogP contribution in [0.5, 0.6) is 0 Å². The van der Waals surface area contributed by atoms with Crippen molar-refractivity contribution in [3.8, 4) is 0 Å². The Labute approximate surface area is 84.5 Å². The van der Waals surface area contributed by atoms with Gasteiger partial charge < -0.3 is 19.3 Å². The van der Waals surface area contributed by atoms with Gasteiger partial charge in [0.05, 0.1) is 0 Å². The van der Waals surface area contributed by atoms with Gasteiger partial charge in [0.25, 0.3) is 0 Å². The first-order chi connectivity index (χ1) is 6.68. The molecule has 1 aliphatic rings. The third kappa shape index (κ3) is 2.30. The number of aliphatic hydroxyl groups is 1. The van der Waals surface area contributed by atoms with Crippen LogP contribution in [-0.4, -0.2) is 43.7 Å². The fraction of sp³-hybridized carbons (Fsp3) is 1.00. The quantitative estimate of drug-likeness (QED) is 0.555. The molecule has 82 valence electrons. The predicted molar refractivity (Wildman–Crippen MR) is 50.7 cm³/mol. The zero-order chi connectivity index (χ0) is 10.6. The van der Waals surface area contributed by atoms with E-state index in [-0.39, 0.29) is 5.66 Å². The Morgan fingerprint density at radius 1 is 1.50 bits per heavy atom. The number of ether oxygens (including phenoxy) is 3. The lowest BCUT2D eigenvalue weighted by Gasteiger charge is -2.35. The maximum Gasteiger partial charge on any atom is 0.331 e. The van der Waals surface area contributed by atoms with Crippen molar-refractivity contribution in [1.29, 1.82) is 0 Å². The molecule has 1 N–H and O–H groups in total. The molecule has 3 unspecified atom stereocenters. The normalized spacial score (nSPS) is 29.4. The molecule has 5 nitrogen and oxygen atoms in total. The van der Waals surface area contributed by atoms with Crippen molar-refractivity contribution >= 4 is 8.46 Å². The summed E-state index contributed by atoms with van der Waals surface area (Å²) in [5.74, 6) is -1.79. The molecule has 0 aliphatic carbocycles. The van der Waals surface area contributed by atoms with Crippen LogP contribution in [0.25, 0.3) is 0 Å². The van der Waals surface area contributed by atoms with E-state index in [1.165, 1.54) is 14.2 Å². The fourth-order valence-electron chi connectivity index (χ4n) is 1.58. The first-order valence-corrected chi connectivity index (χ1v) is 5.48. The summed E-state index contributed by atoms with van der Waals surface area (Å²) in [7, 11) is 2.12. The molecule has 0 aromatic heterocycles. The molecule has 0 spiro atoms. The molecule has 1 saturated heterocycles. The standard InChI is InChI=1S/C8H15O5P/c1-11-8(9,12-2)7-6(14-10)4-3-5-13-7/h6-7,9H,3-5H2,1-2H3/p+1. The summed E-state index contributed by atoms with van der Waals surface area (Å²) in [6.07, 6.45) is 0.920. The van der Waals surface area contributed by atoms with Crippen LogP contribution in [0.3, 0.4) is 0 Å². The van der Waals surface area contributed by atoms with E-state index in [1.807, 2.05) is 0 Å². The lowest BCUT2D eigenvalue weighted by molar-refractivity contribution is -0.386.